The number of methoxy groups -OCH3 is 2. The van der Waals surface area contributed by atoms with Crippen LogP contribution < -0.4 is 9.47 Å². The number of benzene rings is 1. The van der Waals surface area contributed by atoms with Crippen molar-refractivity contribution in [3.63, 3.8) is 0 Å². The number of hydrogen-bond donors (Lipinski definition) is 0. The first-order valence-electron chi connectivity index (χ1n) is 4.22. The summed E-state index contributed by atoms with van der Waals surface area (Å²) in [5, 5.41) is 0. The van der Waals surface area contributed by atoms with Gasteiger partial charge in [-0.2, -0.15) is 0 Å². The van der Waals surface area contributed by atoms with Gasteiger partial charge in [0.05, 0.1) is 14.2 Å². The SMILES string of the molecule is COc1cccc([C](C)C)c1OC. The van der Waals surface area contributed by atoms with E-state index >= 15 is 0 Å². The predicted molar refractivity (Wildman–Crippen MR) is 53.2 cm³/mol. The van der Waals surface area contributed by atoms with Crippen LogP contribution in [-0.2, 0) is 0 Å². The molecular weight excluding hydrogens is 164 g/mol. The van der Waals surface area contributed by atoms with Crippen LogP contribution in [0.5, 0.6) is 11.5 Å². The van der Waals surface area contributed by atoms with Gasteiger partial charge in [0.1, 0.15) is 0 Å². The zero-order valence-electron chi connectivity index (χ0n) is 8.55. The third-order valence-corrected chi connectivity index (χ3v) is 1.94. The fourth-order valence-electron chi connectivity index (χ4n) is 1.28. The van der Waals surface area contributed by atoms with E-state index < -0.39 is 0 Å². The van der Waals surface area contributed by atoms with Gasteiger partial charge in [-0.3, -0.25) is 0 Å². The lowest BCUT2D eigenvalue weighted by Crippen LogP contribution is -1.97. The van der Waals surface area contributed by atoms with Crippen molar-refractivity contribution >= 4 is 0 Å². The Labute approximate surface area is 79.5 Å². The quantitative estimate of drug-likeness (QED) is 0.710. The van der Waals surface area contributed by atoms with Crippen LogP contribution in [0.2, 0.25) is 0 Å². The average molecular weight is 179 g/mol. The summed E-state index contributed by atoms with van der Waals surface area (Å²) in [7, 11) is 3.30. The monoisotopic (exact) mass is 179 g/mol. The first-order chi connectivity index (χ1) is 6.20. The Bertz CT molecular complexity index is 279. The van der Waals surface area contributed by atoms with Crippen molar-refractivity contribution < 1.29 is 9.47 Å². The molecule has 0 amide bonds. The second kappa shape index (κ2) is 4.17. The molecule has 2 heteroatoms. The van der Waals surface area contributed by atoms with Crippen LogP contribution in [0.3, 0.4) is 0 Å². The van der Waals surface area contributed by atoms with Gasteiger partial charge in [-0.15, -0.1) is 0 Å². The maximum atomic E-state index is 5.28. The van der Waals surface area contributed by atoms with Gasteiger partial charge < -0.3 is 9.47 Å². The predicted octanol–water partition coefficient (Wildman–Crippen LogP) is 2.67. The Balaban J connectivity index is 3.19. The summed E-state index contributed by atoms with van der Waals surface area (Å²) in [6.07, 6.45) is 0. The smallest absolute Gasteiger partial charge is 0.164 e. The van der Waals surface area contributed by atoms with Gasteiger partial charge in [0, 0.05) is 11.5 Å². The lowest BCUT2D eigenvalue weighted by atomic mass is 10.0. The van der Waals surface area contributed by atoms with E-state index in [1.807, 2.05) is 18.2 Å². The molecule has 13 heavy (non-hydrogen) atoms. The molecule has 1 aromatic carbocycles. The van der Waals surface area contributed by atoms with Crippen LogP contribution in [0.25, 0.3) is 0 Å². The zero-order valence-corrected chi connectivity index (χ0v) is 8.55. The Morgan fingerprint density at radius 1 is 1.08 bits per heavy atom. The van der Waals surface area contributed by atoms with Gasteiger partial charge in [-0.25, -0.2) is 0 Å². The summed E-state index contributed by atoms with van der Waals surface area (Å²) in [6, 6.07) is 5.88. The molecule has 0 aliphatic heterocycles. The molecule has 0 aromatic heterocycles. The first-order valence-corrected chi connectivity index (χ1v) is 4.22. The molecular formula is C11H15O2. The molecule has 0 atom stereocenters. The highest BCUT2D eigenvalue weighted by atomic mass is 16.5. The Morgan fingerprint density at radius 2 is 1.77 bits per heavy atom. The first kappa shape index (κ1) is 9.90. The van der Waals surface area contributed by atoms with Crippen molar-refractivity contribution in [3.05, 3.63) is 29.7 Å². The molecule has 0 unspecified atom stereocenters. The van der Waals surface area contributed by atoms with Gasteiger partial charge in [-0.05, 0) is 6.07 Å². The molecule has 0 aliphatic rings. The Morgan fingerprint density at radius 3 is 2.23 bits per heavy atom. The van der Waals surface area contributed by atoms with Gasteiger partial charge in [-0.1, -0.05) is 26.0 Å². The molecule has 2 nitrogen and oxygen atoms in total. The van der Waals surface area contributed by atoms with Gasteiger partial charge in [0.15, 0.2) is 11.5 Å². The molecule has 0 spiro atoms. The highest BCUT2D eigenvalue weighted by molar-refractivity contribution is 5.51. The molecule has 1 radical (unpaired) electrons. The van der Waals surface area contributed by atoms with Gasteiger partial charge >= 0.3 is 0 Å². The van der Waals surface area contributed by atoms with Crippen LogP contribution in [0, 0.1) is 5.92 Å². The number of hydrogen-bond acceptors (Lipinski definition) is 2. The molecule has 1 aromatic rings. The molecule has 0 fully saturated rings. The van der Waals surface area contributed by atoms with E-state index in [4.69, 9.17) is 9.47 Å². The van der Waals surface area contributed by atoms with Crippen molar-refractivity contribution in [3.8, 4) is 11.5 Å². The van der Waals surface area contributed by atoms with Gasteiger partial charge in [0.2, 0.25) is 0 Å². The lowest BCUT2D eigenvalue weighted by molar-refractivity contribution is 0.352. The van der Waals surface area contributed by atoms with Gasteiger partial charge in [0.25, 0.3) is 0 Å². The molecule has 0 saturated heterocycles. The van der Waals surface area contributed by atoms with Crippen molar-refractivity contribution in [2.45, 2.75) is 13.8 Å². The minimum absolute atomic E-state index is 0.779. The van der Waals surface area contributed by atoms with Crippen molar-refractivity contribution in [1.82, 2.24) is 0 Å². The molecule has 0 aliphatic carbocycles. The summed E-state index contributed by atoms with van der Waals surface area (Å²) >= 11 is 0. The molecule has 1 rings (SSSR count). The standard InChI is InChI=1S/C11H15O2/c1-8(2)9-6-5-7-10(12-3)11(9)13-4/h5-7H,1-4H3. The average Bonchev–Trinajstić information content (AvgIpc) is 2.16. The molecule has 0 saturated carbocycles. The largest absolute Gasteiger partial charge is 0.493 e. The van der Waals surface area contributed by atoms with E-state index in [0.29, 0.717) is 0 Å². The van der Waals surface area contributed by atoms with Crippen LogP contribution in [0.1, 0.15) is 19.4 Å². The number of ether oxygens (including phenoxy) is 2. The second-order valence-corrected chi connectivity index (χ2v) is 3.04. The fourth-order valence-corrected chi connectivity index (χ4v) is 1.28. The lowest BCUT2D eigenvalue weighted by Gasteiger charge is -2.14. The van der Waals surface area contributed by atoms with Crippen LogP contribution in [0.4, 0.5) is 0 Å². The van der Waals surface area contributed by atoms with E-state index in [2.05, 4.69) is 13.8 Å². The summed E-state index contributed by atoms with van der Waals surface area (Å²) in [6.45, 7) is 4.11. The van der Waals surface area contributed by atoms with E-state index in [0.717, 1.165) is 17.1 Å². The highest BCUT2D eigenvalue weighted by Crippen LogP contribution is 2.34. The minimum Gasteiger partial charge on any atom is -0.493 e. The summed E-state index contributed by atoms with van der Waals surface area (Å²) < 4.78 is 10.5. The van der Waals surface area contributed by atoms with E-state index in [1.54, 1.807) is 14.2 Å². The Hall–Kier alpha value is -1.18. The molecule has 0 N–H and O–H groups in total. The summed E-state index contributed by atoms with van der Waals surface area (Å²) in [5.41, 5.74) is 1.10. The van der Waals surface area contributed by atoms with Crippen LogP contribution in [0.15, 0.2) is 18.2 Å². The maximum Gasteiger partial charge on any atom is 0.164 e. The van der Waals surface area contributed by atoms with E-state index in [1.165, 1.54) is 5.92 Å². The molecule has 71 valence electrons. The zero-order chi connectivity index (χ0) is 9.84. The highest BCUT2D eigenvalue weighted by Gasteiger charge is 2.11. The summed E-state index contributed by atoms with van der Waals surface area (Å²) in [5.74, 6) is 2.81. The maximum absolute atomic E-state index is 5.28. The normalized spacial score (nSPS) is 10.2. The third-order valence-electron chi connectivity index (χ3n) is 1.94. The van der Waals surface area contributed by atoms with Crippen molar-refractivity contribution in [2.24, 2.45) is 0 Å². The van der Waals surface area contributed by atoms with Crippen LogP contribution >= 0.6 is 0 Å². The fraction of sp³-hybridized carbons (Fsp3) is 0.364. The Kier molecular flexibility index (Phi) is 3.18. The van der Waals surface area contributed by atoms with Crippen molar-refractivity contribution in [2.75, 3.05) is 14.2 Å². The third kappa shape index (κ3) is 1.94. The van der Waals surface area contributed by atoms with Crippen molar-refractivity contribution in [1.29, 1.82) is 0 Å². The van der Waals surface area contributed by atoms with Crippen LogP contribution in [-0.4, -0.2) is 14.2 Å². The topological polar surface area (TPSA) is 18.5 Å². The van der Waals surface area contributed by atoms with E-state index in [9.17, 15) is 0 Å². The summed E-state index contributed by atoms with van der Waals surface area (Å²) in [4.78, 5) is 0. The second-order valence-electron chi connectivity index (χ2n) is 3.04. The number of para-hydroxylation sites is 1. The van der Waals surface area contributed by atoms with E-state index in [-0.39, 0.29) is 0 Å². The minimum atomic E-state index is 0.779. The number of rotatable bonds is 3. The molecule has 0 heterocycles. The molecule has 0 bridgehead atoms.